The van der Waals surface area contributed by atoms with Gasteiger partial charge in [0, 0.05) is 0 Å². The van der Waals surface area contributed by atoms with Crippen LogP contribution in [0.5, 0.6) is 0 Å². The lowest BCUT2D eigenvalue weighted by Crippen LogP contribution is -2.29. The summed E-state index contributed by atoms with van der Waals surface area (Å²) >= 11 is 0. The van der Waals surface area contributed by atoms with E-state index in [4.69, 9.17) is 5.41 Å². The molecular formula is C4H5FNO-. The summed E-state index contributed by atoms with van der Waals surface area (Å²) in [5, 5.41) is 16.1. The van der Waals surface area contributed by atoms with Gasteiger partial charge in [-0.15, -0.1) is 0 Å². The predicted octanol–water partition coefficient (Wildman–Crippen LogP) is -0.174. The van der Waals surface area contributed by atoms with Gasteiger partial charge in [-0.25, -0.2) is 4.39 Å². The van der Waals surface area contributed by atoms with Crippen molar-refractivity contribution in [2.75, 3.05) is 0 Å². The van der Waals surface area contributed by atoms with Crippen LogP contribution in [0.2, 0.25) is 0 Å². The standard InChI is InChI=1S/C4H6FNO/c5-4(1-2-4)3(6)7/h1-2H2,(H2,6,7)/p-1. The first-order valence-corrected chi connectivity index (χ1v) is 2.10. The maximum Gasteiger partial charge on any atom is 0.138 e. The molecule has 1 aliphatic carbocycles. The van der Waals surface area contributed by atoms with Crippen LogP contribution in [0.1, 0.15) is 12.8 Å². The average molecular weight is 102 g/mol. The molecule has 1 aliphatic rings. The fraction of sp³-hybridized carbons (Fsp3) is 0.750. The molecule has 0 aromatic heterocycles. The molecule has 1 N–H and O–H groups in total. The molecule has 3 heteroatoms. The van der Waals surface area contributed by atoms with Gasteiger partial charge in [0.2, 0.25) is 0 Å². The minimum absolute atomic E-state index is 0.259. The van der Waals surface area contributed by atoms with Gasteiger partial charge in [-0.05, 0) is 18.7 Å². The van der Waals surface area contributed by atoms with E-state index in [-0.39, 0.29) is 12.8 Å². The monoisotopic (exact) mass is 102 g/mol. The second kappa shape index (κ2) is 0.967. The molecule has 7 heavy (non-hydrogen) atoms. The zero-order chi connectivity index (χ0) is 5.49. The second-order valence-corrected chi connectivity index (χ2v) is 1.79. The molecule has 0 heterocycles. The van der Waals surface area contributed by atoms with Gasteiger partial charge in [0.25, 0.3) is 0 Å². The van der Waals surface area contributed by atoms with Gasteiger partial charge >= 0.3 is 0 Å². The van der Waals surface area contributed by atoms with Gasteiger partial charge in [-0.3, -0.25) is 0 Å². The largest absolute Gasteiger partial charge is 0.860 e. The van der Waals surface area contributed by atoms with Crippen molar-refractivity contribution in [2.24, 2.45) is 0 Å². The average Bonchev–Trinajstić information content (AvgIpc) is 2.21. The first-order valence-electron chi connectivity index (χ1n) is 2.10. The van der Waals surface area contributed by atoms with Gasteiger partial charge in [0.05, 0.1) is 0 Å². The molecule has 0 aromatic carbocycles. The third kappa shape index (κ3) is 0.577. The Kier molecular flexibility index (Phi) is 0.629. The molecule has 0 radical (unpaired) electrons. The van der Waals surface area contributed by atoms with Crippen LogP contribution >= 0.6 is 0 Å². The van der Waals surface area contributed by atoms with E-state index in [2.05, 4.69) is 0 Å². The molecule has 1 rings (SSSR count). The lowest BCUT2D eigenvalue weighted by molar-refractivity contribution is -0.228. The molecule has 0 amide bonds. The highest BCUT2D eigenvalue weighted by molar-refractivity contribution is 5.81. The molecule has 0 unspecified atom stereocenters. The Morgan fingerprint density at radius 3 is 2.14 bits per heavy atom. The fourth-order valence-corrected chi connectivity index (χ4v) is 0.337. The quantitative estimate of drug-likeness (QED) is 0.362. The Morgan fingerprint density at radius 2 is 2.14 bits per heavy atom. The maximum absolute atomic E-state index is 12.1. The summed E-state index contributed by atoms with van der Waals surface area (Å²) in [5.41, 5.74) is -1.72. The summed E-state index contributed by atoms with van der Waals surface area (Å²) in [6, 6.07) is 0. The minimum Gasteiger partial charge on any atom is -0.860 e. The van der Waals surface area contributed by atoms with Crippen molar-refractivity contribution in [2.45, 2.75) is 18.5 Å². The molecule has 2 nitrogen and oxygen atoms in total. The van der Waals surface area contributed by atoms with Crippen LogP contribution < -0.4 is 5.11 Å². The number of hydrogen-bond donors (Lipinski definition) is 1. The van der Waals surface area contributed by atoms with Crippen molar-refractivity contribution in [3.8, 4) is 0 Å². The van der Waals surface area contributed by atoms with E-state index in [0.717, 1.165) is 0 Å². The van der Waals surface area contributed by atoms with Crippen molar-refractivity contribution in [3.05, 3.63) is 0 Å². The predicted molar refractivity (Wildman–Crippen MR) is 20.8 cm³/mol. The van der Waals surface area contributed by atoms with Crippen LogP contribution in [0, 0.1) is 5.41 Å². The van der Waals surface area contributed by atoms with E-state index >= 15 is 0 Å². The summed E-state index contributed by atoms with van der Waals surface area (Å²) in [6.45, 7) is 0. The smallest absolute Gasteiger partial charge is 0.138 e. The van der Waals surface area contributed by atoms with Crippen molar-refractivity contribution in [1.82, 2.24) is 0 Å². The topological polar surface area (TPSA) is 46.9 Å². The van der Waals surface area contributed by atoms with Crippen LogP contribution in [0.4, 0.5) is 4.39 Å². The number of hydrogen-bond acceptors (Lipinski definition) is 2. The maximum atomic E-state index is 12.1. The van der Waals surface area contributed by atoms with E-state index in [1.165, 1.54) is 0 Å². The van der Waals surface area contributed by atoms with Crippen LogP contribution in [0.25, 0.3) is 0 Å². The number of rotatable bonds is 1. The van der Waals surface area contributed by atoms with Crippen molar-refractivity contribution in [3.63, 3.8) is 0 Å². The first-order chi connectivity index (χ1) is 3.15. The first kappa shape index (κ1) is 4.56. The molecule has 0 aliphatic heterocycles. The van der Waals surface area contributed by atoms with Crippen LogP contribution in [0.15, 0.2) is 0 Å². The molecule has 40 valence electrons. The normalized spacial score (nSPS) is 24.1. The molecule has 0 bridgehead atoms. The Labute approximate surface area is 40.5 Å². The number of nitrogens with one attached hydrogen (secondary N) is 1. The third-order valence-electron chi connectivity index (χ3n) is 1.10. The van der Waals surface area contributed by atoms with E-state index in [0.29, 0.717) is 0 Å². The fourth-order valence-electron chi connectivity index (χ4n) is 0.337. The zero-order valence-electron chi connectivity index (χ0n) is 3.70. The summed E-state index contributed by atoms with van der Waals surface area (Å²) < 4.78 is 12.1. The molecule has 0 spiro atoms. The molecule has 1 saturated carbocycles. The lowest BCUT2D eigenvalue weighted by Gasteiger charge is -2.08. The van der Waals surface area contributed by atoms with E-state index in [9.17, 15) is 9.50 Å². The van der Waals surface area contributed by atoms with E-state index < -0.39 is 11.6 Å². The molecular weight excluding hydrogens is 97.0 g/mol. The van der Waals surface area contributed by atoms with Gasteiger partial charge in [0.1, 0.15) is 5.67 Å². The number of alkyl halides is 1. The molecule has 0 aromatic rings. The summed E-state index contributed by atoms with van der Waals surface area (Å²) in [4.78, 5) is 0. The highest BCUT2D eigenvalue weighted by Gasteiger charge is 2.42. The van der Waals surface area contributed by atoms with Gasteiger partial charge in [-0.2, -0.15) is 0 Å². The van der Waals surface area contributed by atoms with Gasteiger partial charge in [-0.1, -0.05) is 0 Å². The highest BCUT2D eigenvalue weighted by atomic mass is 19.1. The van der Waals surface area contributed by atoms with Crippen molar-refractivity contribution >= 4 is 5.90 Å². The number of halogens is 1. The van der Waals surface area contributed by atoms with Crippen molar-refractivity contribution < 1.29 is 9.50 Å². The highest BCUT2D eigenvalue weighted by Crippen LogP contribution is 2.38. The van der Waals surface area contributed by atoms with Crippen LogP contribution in [-0.2, 0) is 0 Å². The van der Waals surface area contributed by atoms with Crippen LogP contribution in [-0.4, -0.2) is 11.6 Å². The molecule has 0 saturated heterocycles. The van der Waals surface area contributed by atoms with Crippen LogP contribution in [0.3, 0.4) is 0 Å². The Balaban J connectivity index is 2.55. The van der Waals surface area contributed by atoms with Gasteiger partial charge < -0.3 is 10.5 Å². The summed E-state index contributed by atoms with van der Waals surface area (Å²) in [6.07, 6.45) is 0.519. The third-order valence-corrected chi connectivity index (χ3v) is 1.10. The Hall–Kier alpha value is -0.600. The second-order valence-electron chi connectivity index (χ2n) is 1.79. The van der Waals surface area contributed by atoms with Crippen molar-refractivity contribution in [1.29, 1.82) is 5.41 Å². The Bertz CT molecular complexity index is 108. The zero-order valence-corrected chi connectivity index (χ0v) is 3.70. The molecule has 0 atom stereocenters. The summed E-state index contributed by atoms with van der Waals surface area (Å²) in [7, 11) is 0. The van der Waals surface area contributed by atoms with Gasteiger partial charge in [0.15, 0.2) is 0 Å². The minimum atomic E-state index is -1.72. The molecule has 1 fully saturated rings. The van der Waals surface area contributed by atoms with E-state index in [1.807, 2.05) is 0 Å². The SMILES string of the molecule is N=C([O-])C1(F)CC1. The summed E-state index contributed by atoms with van der Waals surface area (Å²) in [5.74, 6) is -1.06. The lowest BCUT2D eigenvalue weighted by atomic mass is 10.4. The van der Waals surface area contributed by atoms with E-state index in [1.54, 1.807) is 0 Å². The Morgan fingerprint density at radius 1 is 1.71 bits per heavy atom.